The van der Waals surface area contributed by atoms with Crippen LogP contribution < -0.4 is 19.5 Å². The standard InChI is InChI=1S/C19H15ClF3NO4/c1-26-15-8-11(9-16-18(15)28-7-6-27-16)2-5-17(25)24-12-3-4-14(20)13(10-12)19(21,22)23/h2-5,8-10H,6-7H2,1H3,(H,24,25)/b5-2+. The van der Waals surface area contributed by atoms with E-state index >= 15 is 0 Å². The van der Waals surface area contributed by atoms with E-state index in [0.29, 0.717) is 36.0 Å². The smallest absolute Gasteiger partial charge is 0.417 e. The molecule has 0 atom stereocenters. The topological polar surface area (TPSA) is 56.8 Å². The van der Waals surface area contributed by atoms with Crippen molar-refractivity contribution in [1.29, 1.82) is 0 Å². The molecule has 5 nitrogen and oxygen atoms in total. The molecule has 148 valence electrons. The summed E-state index contributed by atoms with van der Waals surface area (Å²) in [7, 11) is 1.48. The van der Waals surface area contributed by atoms with Crippen LogP contribution in [0.25, 0.3) is 6.08 Å². The minimum Gasteiger partial charge on any atom is -0.493 e. The van der Waals surface area contributed by atoms with Gasteiger partial charge in [-0.2, -0.15) is 13.2 Å². The van der Waals surface area contributed by atoms with E-state index in [2.05, 4.69) is 5.32 Å². The Hall–Kier alpha value is -2.87. The molecule has 2 aromatic carbocycles. The number of hydrogen-bond acceptors (Lipinski definition) is 4. The zero-order valence-corrected chi connectivity index (χ0v) is 15.4. The molecule has 1 aliphatic rings. The van der Waals surface area contributed by atoms with Crippen LogP contribution in [0.15, 0.2) is 36.4 Å². The third kappa shape index (κ3) is 4.51. The van der Waals surface area contributed by atoms with Crippen LogP contribution in [0.1, 0.15) is 11.1 Å². The van der Waals surface area contributed by atoms with E-state index in [4.69, 9.17) is 25.8 Å². The second-order valence-corrected chi connectivity index (χ2v) is 6.17. The minimum atomic E-state index is -4.62. The predicted molar refractivity (Wildman–Crippen MR) is 98.1 cm³/mol. The summed E-state index contributed by atoms with van der Waals surface area (Å²) in [4.78, 5) is 12.1. The van der Waals surface area contributed by atoms with E-state index in [0.717, 1.165) is 12.1 Å². The van der Waals surface area contributed by atoms with Crippen LogP contribution >= 0.6 is 11.6 Å². The quantitative estimate of drug-likeness (QED) is 0.732. The van der Waals surface area contributed by atoms with Gasteiger partial charge in [0.1, 0.15) is 13.2 Å². The first kappa shape index (κ1) is 19.9. The van der Waals surface area contributed by atoms with Gasteiger partial charge < -0.3 is 19.5 Å². The molecule has 0 bridgehead atoms. The second kappa shape index (κ2) is 8.02. The highest BCUT2D eigenvalue weighted by atomic mass is 35.5. The number of nitrogens with one attached hydrogen (secondary N) is 1. The first-order chi connectivity index (χ1) is 13.3. The Morgan fingerprint density at radius 3 is 2.68 bits per heavy atom. The number of carbonyl (C=O) groups excluding carboxylic acids is 1. The normalized spacial score (nSPS) is 13.5. The largest absolute Gasteiger partial charge is 0.493 e. The lowest BCUT2D eigenvalue weighted by molar-refractivity contribution is -0.137. The van der Waals surface area contributed by atoms with Gasteiger partial charge in [0.25, 0.3) is 0 Å². The first-order valence-electron chi connectivity index (χ1n) is 8.11. The van der Waals surface area contributed by atoms with Gasteiger partial charge in [0.05, 0.1) is 17.7 Å². The van der Waals surface area contributed by atoms with Crippen LogP contribution in [0.3, 0.4) is 0 Å². The fraction of sp³-hybridized carbons (Fsp3) is 0.211. The lowest BCUT2D eigenvalue weighted by Crippen LogP contribution is -2.16. The summed E-state index contributed by atoms with van der Waals surface area (Å²) in [5.74, 6) is 0.809. The van der Waals surface area contributed by atoms with Crippen molar-refractivity contribution in [2.75, 3.05) is 25.6 Å². The number of ether oxygens (including phenoxy) is 3. The van der Waals surface area contributed by atoms with Crippen LogP contribution in [0.4, 0.5) is 18.9 Å². The van der Waals surface area contributed by atoms with Gasteiger partial charge in [-0.3, -0.25) is 4.79 Å². The number of amides is 1. The van der Waals surface area contributed by atoms with E-state index < -0.39 is 22.7 Å². The number of methoxy groups -OCH3 is 1. The molecule has 3 rings (SSSR count). The number of rotatable bonds is 4. The van der Waals surface area contributed by atoms with Gasteiger partial charge in [-0.1, -0.05) is 11.6 Å². The summed E-state index contributed by atoms with van der Waals surface area (Å²) < 4.78 is 55.0. The van der Waals surface area contributed by atoms with Gasteiger partial charge in [0.2, 0.25) is 11.7 Å². The van der Waals surface area contributed by atoms with Crippen molar-refractivity contribution in [3.63, 3.8) is 0 Å². The summed E-state index contributed by atoms with van der Waals surface area (Å²) in [5.41, 5.74) is -0.443. The number of anilines is 1. The maximum absolute atomic E-state index is 12.9. The number of halogens is 4. The van der Waals surface area contributed by atoms with E-state index in [9.17, 15) is 18.0 Å². The molecular weight excluding hydrogens is 399 g/mol. The van der Waals surface area contributed by atoms with Crippen LogP contribution in [-0.4, -0.2) is 26.2 Å². The molecule has 0 aliphatic carbocycles. The molecule has 0 saturated carbocycles. The highest BCUT2D eigenvalue weighted by Gasteiger charge is 2.33. The second-order valence-electron chi connectivity index (χ2n) is 5.76. The van der Waals surface area contributed by atoms with E-state index in [-0.39, 0.29) is 5.69 Å². The molecule has 0 saturated heterocycles. The molecule has 0 unspecified atom stereocenters. The zero-order valence-electron chi connectivity index (χ0n) is 14.6. The third-order valence-corrected chi connectivity index (χ3v) is 4.15. The number of hydrogen-bond donors (Lipinski definition) is 1. The molecule has 0 aromatic heterocycles. The van der Waals surface area contributed by atoms with Crippen LogP contribution in [0.5, 0.6) is 17.2 Å². The minimum absolute atomic E-state index is 0.0221. The number of alkyl halides is 3. The Kier molecular flexibility index (Phi) is 5.69. The Morgan fingerprint density at radius 1 is 1.21 bits per heavy atom. The third-order valence-electron chi connectivity index (χ3n) is 3.82. The number of benzene rings is 2. The van der Waals surface area contributed by atoms with Crippen molar-refractivity contribution in [1.82, 2.24) is 0 Å². The SMILES string of the molecule is COc1cc(/C=C/C(=O)Nc2ccc(Cl)c(C(F)(F)F)c2)cc2c1OCCO2. The van der Waals surface area contributed by atoms with Crippen molar-refractivity contribution < 1.29 is 32.2 Å². The molecule has 1 N–H and O–H groups in total. The fourth-order valence-corrected chi connectivity index (χ4v) is 2.79. The molecular formula is C19H15ClF3NO4. The Balaban J connectivity index is 1.76. The van der Waals surface area contributed by atoms with Gasteiger partial charge in [-0.15, -0.1) is 0 Å². The number of fused-ring (bicyclic) bond motifs is 1. The summed E-state index contributed by atoms with van der Waals surface area (Å²) in [6, 6.07) is 6.47. The van der Waals surface area contributed by atoms with Crippen LogP contribution in [-0.2, 0) is 11.0 Å². The summed E-state index contributed by atoms with van der Waals surface area (Å²) in [6.45, 7) is 0.796. The predicted octanol–water partition coefficient (Wildman–Crippen LogP) is 4.79. The molecule has 1 amide bonds. The van der Waals surface area contributed by atoms with Crippen molar-refractivity contribution in [3.05, 3.63) is 52.6 Å². The van der Waals surface area contributed by atoms with E-state index in [1.54, 1.807) is 12.1 Å². The molecule has 1 heterocycles. The summed E-state index contributed by atoms with van der Waals surface area (Å²) >= 11 is 5.56. The maximum atomic E-state index is 12.9. The van der Waals surface area contributed by atoms with Gasteiger partial charge in [-0.05, 0) is 42.0 Å². The van der Waals surface area contributed by atoms with Crippen molar-refractivity contribution in [2.24, 2.45) is 0 Å². The molecule has 28 heavy (non-hydrogen) atoms. The summed E-state index contributed by atoms with van der Waals surface area (Å²) in [6.07, 6.45) is -1.95. The Morgan fingerprint density at radius 2 is 1.96 bits per heavy atom. The summed E-state index contributed by atoms with van der Waals surface area (Å²) in [5, 5.41) is 1.93. The maximum Gasteiger partial charge on any atom is 0.417 e. The van der Waals surface area contributed by atoms with Gasteiger partial charge in [0, 0.05) is 11.8 Å². The lowest BCUT2D eigenvalue weighted by Gasteiger charge is -2.20. The molecule has 2 aromatic rings. The molecule has 0 radical (unpaired) electrons. The van der Waals surface area contributed by atoms with Crippen molar-refractivity contribution in [3.8, 4) is 17.2 Å². The molecule has 0 fully saturated rings. The average Bonchev–Trinajstić information content (AvgIpc) is 2.66. The van der Waals surface area contributed by atoms with Crippen molar-refractivity contribution >= 4 is 29.3 Å². The van der Waals surface area contributed by atoms with Gasteiger partial charge in [-0.25, -0.2) is 0 Å². The fourth-order valence-electron chi connectivity index (χ4n) is 2.57. The highest BCUT2D eigenvalue weighted by molar-refractivity contribution is 6.31. The van der Waals surface area contributed by atoms with Crippen molar-refractivity contribution in [2.45, 2.75) is 6.18 Å². The zero-order chi connectivity index (χ0) is 20.3. The van der Waals surface area contributed by atoms with Gasteiger partial charge in [0.15, 0.2) is 11.5 Å². The molecule has 1 aliphatic heterocycles. The Labute approximate surface area is 163 Å². The van der Waals surface area contributed by atoms with E-state index in [1.807, 2.05) is 0 Å². The first-order valence-corrected chi connectivity index (χ1v) is 8.49. The molecule has 9 heteroatoms. The average molecular weight is 414 g/mol. The van der Waals surface area contributed by atoms with Gasteiger partial charge >= 0.3 is 6.18 Å². The van der Waals surface area contributed by atoms with Crippen LogP contribution in [0.2, 0.25) is 5.02 Å². The van der Waals surface area contributed by atoms with E-state index in [1.165, 1.54) is 25.3 Å². The molecule has 0 spiro atoms. The highest BCUT2D eigenvalue weighted by Crippen LogP contribution is 2.40. The van der Waals surface area contributed by atoms with Crippen LogP contribution in [0, 0.1) is 0 Å². The Bertz CT molecular complexity index is 911. The monoisotopic (exact) mass is 413 g/mol. The number of carbonyl (C=O) groups is 1. The lowest BCUT2D eigenvalue weighted by atomic mass is 10.1.